The lowest BCUT2D eigenvalue weighted by molar-refractivity contribution is -0.137. The van der Waals surface area contributed by atoms with Crippen molar-refractivity contribution in [1.82, 2.24) is 0 Å². The van der Waals surface area contributed by atoms with Crippen molar-refractivity contribution in [1.29, 1.82) is 0 Å². The van der Waals surface area contributed by atoms with Gasteiger partial charge in [0.05, 0.1) is 19.2 Å². The summed E-state index contributed by atoms with van der Waals surface area (Å²) in [4.78, 5) is 25.5. The lowest BCUT2D eigenvalue weighted by Crippen LogP contribution is -2.46. The molecule has 2 unspecified atom stereocenters. The number of hydrogen-bond donors (Lipinski definition) is 1. The summed E-state index contributed by atoms with van der Waals surface area (Å²) in [5, 5.41) is 9.20. The van der Waals surface area contributed by atoms with Crippen molar-refractivity contribution >= 4 is 17.7 Å². The summed E-state index contributed by atoms with van der Waals surface area (Å²) in [6, 6.07) is 5.25. The van der Waals surface area contributed by atoms with Crippen LogP contribution in [0.2, 0.25) is 0 Å². The van der Waals surface area contributed by atoms with Crippen LogP contribution in [0.15, 0.2) is 18.2 Å². The number of aliphatic carboxylic acids is 1. The van der Waals surface area contributed by atoms with Gasteiger partial charge in [0.15, 0.2) is 0 Å². The number of anilines is 1. The topological polar surface area (TPSA) is 76.1 Å². The van der Waals surface area contributed by atoms with E-state index in [-0.39, 0.29) is 18.4 Å². The monoisotopic (exact) mass is 335 g/mol. The number of nitrogens with zero attached hydrogens (tertiary/aromatic N) is 1. The van der Waals surface area contributed by atoms with Gasteiger partial charge in [-0.3, -0.25) is 9.69 Å². The van der Waals surface area contributed by atoms with Crippen LogP contribution in [0, 0.1) is 0 Å². The van der Waals surface area contributed by atoms with Crippen LogP contribution in [0.3, 0.4) is 0 Å². The van der Waals surface area contributed by atoms with Crippen molar-refractivity contribution in [3.05, 3.63) is 23.8 Å². The first kappa shape index (κ1) is 18.1. The Labute approximate surface area is 142 Å². The summed E-state index contributed by atoms with van der Waals surface area (Å²) >= 11 is 0. The molecule has 2 rings (SSSR count). The Morgan fingerprint density at radius 3 is 2.54 bits per heavy atom. The highest BCUT2D eigenvalue weighted by molar-refractivity contribution is 5.93. The van der Waals surface area contributed by atoms with E-state index in [0.717, 1.165) is 5.56 Å². The van der Waals surface area contributed by atoms with Gasteiger partial charge < -0.3 is 14.6 Å². The van der Waals surface area contributed by atoms with Crippen molar-refractivity contribution in [3.8, 4) is 5.75 Å². The molecule has 1 aromatic rings. The van der Waals surface area contributed by atoms with E-state index >= 15 is 0 Å². The summed E-state index contributed by atoms with van der Waals surface area (Å²) in [6.07, 6.45) is 0.132. The Bertz CT molecular complexity index is 635. The zero-order valence-corrected chi connectivity index (χ0v) is 14.8. The van der Waals surface area contributed by atoms with E-state index in [2.05, 4.69) is 0 Å². The van der Waals surface area contributed by atoms with Crippen LogP contribution in [0.5, 0.6) is 5.75 Å². The van der Waals surface area contributed by atoms with Gasteiger partial charge in [0.1, 0.15) is 11.4 Å². The smallest absolute Gasteiger partial charge is 0.415 e. The number of benzene rings is 1. The fraction of sp³-hybridized carbons (Fsp3) is 0.556. The first-order valence-corrected chi connectivity index (χ1v) is 8.05. The first-order chi connectivity index (χ1) is 11.1. The molecule has 2 atom stereocenters. The van der Waals surface area contributed by atoms with Gasteiger partial charge in [0, 0.05) is 6.04 Å². The number of amides is 1. The SMILES string of the molecule is COc1cccc2c1N(C(=O)OC(C)(C)C)C(C)CC2CC(=O)O. The number of carbonyl (C=O) groups excluding carboxylic acids is 1. The molecule has 0 bridgehead atoms. The van der Waals surface area contributed by atoms with Crippen molar-refractivity contribution in [2.45, 2.75) is 58.1 Å². The standard InChI is InChI=1S/C18H25NO5/c1-11-9-12(10-15(20)21)13-7-6-8-14(23-5)16(13)19(11)17(22)24-18(2,3)4/h6-8,11-12H,9-10H2,1-5H3,(H,20,21). The summed E-state index contributed by atoms with van der Waals surface area (Å²) in [5.41, 5.74) is 0.802. The minimum Gasteiger partial charge on any atom is -0.495 e. The van der Waals surface area contributed by atoms with Crippen molar-refractivity contribution in [3.63, 3.8) is 0 Å². The molecular weight excluding hydrogens is 310 g/mol. The Morgan fingerprint density at radius 2 is 2.00 bits per heavy atom. The van der Waals surface area contributed by atoms with Crippen molar-refractivity contribution < 1.29 is 24.2 Å². The second-order valence-corrected chi connectivity index (χ2v) is 7.13. The molecule has 1 aromatic carbocycles. The maximum absolute atomic E-state index is 12.7. The minimum atomic E-state index is -0.855. The molecule has 0 saturated carbocycles. The van der Waals surface area contributed by atoms with E-state index in [1.54, 1.807) is 11.0 Å². The zero-order valence-electron chi connectivity index (χ0n) is 14.8. The first-order valence-electron chi connectivity index (χ1n) is 8.05. The van der Waals surface area contributed by atoms with Crippen LogP contribution in [0.25, 0.3) is 0 Å². The lowest BCUT2D eigenvalue weighted by atomic mass is 9.84. The van der Waals surface area contributed by atoms with Crippen molar-refractivity contribution in [2.24, 2.45) is 0 Å². The lowest BCUT2D eigenvalue weighted by Gasteiger charge is -2.40. The fourth-order valence-electron chi connectivity index (χ4n) is 3.14. The summed E-state index contributed by atoms with van der Waals surface area (Å²) in [5.74, 6) is -0.478. The largest absolute Gasteiger partial charge is 0.495 e. The van der Waals surface area contributed by atoms with Gasteiger partial charge in [-0.2, -0.15) is 0 Å². The third kappa shape index (κ3) is 3.80. The van der Waals surface area contributed by atoms with Gasteiger partial charge in [-0.15, -0.1) is 0 Å². The molecule has 24 heavy (non-hydrogen) atoms. The van der Waals surface area contributed by atoms with E-state index < -0.39 is 17.7 Å². The van der Waals surface area contributed by atoms with Gasteiger partial charge in [0.25, 0.3) is 0 Å². The molecule has 0 radical (unpaired) electrons. The number of rotatable bonds is 3. The van der Waals surface area contributed by atoms with Gasteiger partial charge in [-0.25, -0.2) is 4.79 Å². The molecule has 6 nitrogen and oxygen atoms in total. The quantitative estimate of drug-likeness (QED) is 0.909. The Morgan fingerprint density at radius 1 is 1.33 bits per heavy atom. The summed E-state index contributed by atoms with van der Waals surface area (Å²) in [6.45, 7) is 7.34. The van der Waals surface area contributed by atoms with Crippen LogP contribution in [0.1, 0.15) is 52.0 Å². The van der Waals surface area contributed by atoms with Gasteiger partial charge in [-0.1, -0.05) is 12.1 Å². The fourth-order valence-corrected chi connectivity index (χ4v) is 3.14. The second kappa shape index (κ2) is 6.71. The van der Waals surface area contributed by atoms with Crippen LogP contribution in [0.4, 0.5) is 10.5 Å². The summed E-state index contributed by atoms with van der Waals surface area (Å²) in [7, 11) is 1.54. The van der Waals surface area contributed by atoms with E-state index in [0.29, 0.717) is 17.9 Å². The average molecular weight is 335 g/mol. The van der Waals surface area contributed by atoms with Crippen molar-refractivity contribution in [2.75, 3.05) is 12.0 Å². The number of para-hydroxylation sites is 1. The molecule has 0 saturated heterocycles. The second-order valence-electron chi connectivity index (χ2n) is 7.13. The maximum Gasteiger partial charge on any atom is 0.415 e. The molecule has 132 valence electrons. The predicted octanol–water partition coefficient (Wildman–Crippen LogP) is 3.79. The third-order valence-electron chi connectivity index (χ3n) is 4.01. The normalized spacial score (nSPS) is 20.3. The Hall–Kier alpha value is -2.24. The minimum absolute atomic E-state index is 0.0205. The van der Waals surface area contributed by atoms with E-state index in [4.69, 9.17) is 9.47 Å². The van der Waals surface area contributed by atoms with Crippen LogP contribution < -0.4 is 9.64 Å². The number of ether oxygens (including phenoxy) is 2. The zero-order chi connectivity index (χ0) is 18.1. The van der Waals surface area contributed by atoms with E-state index in [1.165, 1.54) is 7.11 Å². The molecular formula is C18H25NO5. The molecule has 0 aliphatic carbocycles. The van der Waals surface area contributed by atoms with Gasteiger partial charge >= 0.3 is 12.1 Å². The van der Waals surface area contributed by atoms with Gasteiger partial charge in [-0.05, 0) is 51.7 Å². The molecule has 6 heteroatoms. The number of hydrogen-bond acceptors (Lipinski definition) is 4. The number of fused-ring (bicyclic) bond motifs is 1. The third-order valence-corrected chi connectivity index (χ3v) is 4.01. The maximum atomic E-state index is 12.7. The summed E-state index contributed by atoms with van der Waals surface area (Å²) < 4.78 is 11.0. The number of carboxylic acids is 1. The highest BCUT2D eigenvalue weighted by Crippen LogP contribution is 2.45. The predicted molar refractivity (Wildman–Crippen MR) is 90.8 cm³/mol. The molecule has 0 aromatic heterocycles. The molecule has 1 aliphatic rings. The Kier molecular flexibility index (Phi) is 5.06. The van der Waals surface area contributed by atoms with Crippen LogP contribution in [-0.2, 0) is 9.53 Å². The molecule has 1 aliphatic heterocycles. The van der Waals surface area contributed by atoms with Gasteiger partial charge in [0.2, 0.25) is 0 Å². The molecule has 1 amide bonds. The molecule has 1 heterocycles. The number of carbonyl (C=O) groups is 2. The molecule has 0 fully saturated rings. The highest BCUT2D eigenvalue weighted by Gasteiger charge is 2.38. The van der Waals surface area contributed by atoms with Crippen LogP contribution in [-0.4, -0.2) is 35.9 Å². The Balaban J connectivity index is 2.50. The van der Waals surface area contributed by atoms with Crippen LogP contribution >= 0.6 is 0 Å². The number of carboxylic acid groups (broad SMARTS) is 1. The average Bonchev–Trinajstić information content (AvgIpc) is 2.44. The molecule has 0 spiro atoms. The highest BCUT2D eigenvalue weighted by atomic mass is 16.6. The van der Waals surface area contributed by atoms with E-state index in [9.17, 15) is 14.7 Å². The number of methoxy groups -OCH3 is 1. The van der Waals surface area contributed by atoms with E-state index in [1.807, 2.05) is 39.8 Å². The molecule has 1 N–H and O–H groups in total.